The molecule has 8 heteroatoms. The number of aromatic nitrogens is 2. The molecular weight excluding hydrogens is 372 g/mol. The molecule has 0 atom stereocenters. The summed E-state index contributed by atoms with van der Waals surface area (Å²) in [6.45, 7) is 0. The van der Waals surface area contributed by atoms with Gasteiger partial charge in [0.1, 0.15) is 10.6 Å². The highest BCUT2D eigenvalue weighted by Crippen LogP contribution is 2.36. The SMILES string of the molecule is COc1ccccc1-n1c(SCC(=O)[O-])nc2sc3c(c2c1=O)CCC3. The van der Waals surface area contributed by atoms with Crippen molar-refractivity contribution in [3.05, 3.63) is 45.1 Å². The Balaban J connectivity index is 2.01. The number of carbonyl (C=O) groups is 1. The number of ether oxygens (including phenoxy) is 1. The number of hydrogen-bond acceptors (Lipinski definition) is 7. The Morgan fingerprint density at radius 1 is 1.38 bits per heavy atom. The standard InChI is InChI=1S/C18H16N2O4S2/c1-24-12-7-3-2-6-11(12)20-17(23)15-10-5-4-8-13(10)26-16(15)19-18(20)25-9-14(21)22/h2-3,6-7H,4-5,8-9H2,1H3,(H,21,22)/p-1. The van der Waals surface area contributed by atoms with Crippen LogP contribution in [-0.4, -0.2) is 28.4 Å². The van der Waals surface area contributed by atoms with Crippen molar-refractivity contribution in [1.82, 2.24) is 9.55 Å². The van der Waals surface area contributed by atoms with Gasteiger partial charge in [-0.3, -0.25) is 9.36 Å². The van der Waals surface area contributed by atoms with Crippen LogP contribution < -0.4 is 15.4 Å². The summed E-state index contributed by atoms with van der Waals surface area (Å²) in [5, 5.41) is 11.9. The van der Waals surface area contributed by atoms with Crippen LogP contribution in [0.25, 0.3) is 15.9 Å². The van der Waals surface area contributed by atoms with Crippen LogP contribution in [0.5, 0.6) is 5.75 Å². The van der Waals surface area contributed by atoms with E-state index in [1.165, 1.54) is 27.9 Å². The molecule has 0 unspecified atom stereocenters. The molecule has 1 aliphatic rings. The first kappa shape index (κ1) is 17.1. The van der Waals surface area contributed by atoms with E-state index in [4.69, 9.17) is 4.74 Å². The van der Waals surface area contributed by atoms with Gasteiger partial charge in [-0.05, 0) is 37.0 Å². The third-order valence-electron chi connectivity index (χ3n) is 4.35. The van der Waals surface area contributed by atoms with E-state index >= 15 is 0 Å². The Morgan fingerprint density at radius 2 is 2.19 bits per heavy atom. The van der Waals surface area contributed by atoms with Gasteiger partial charge in [-0.15, -0.1) is 11.3 Å². The van der Waals surface area contributed by atoms with E-state index in [2.05, 4.69) is 4.98 Å². The lowest BCUT2D eigenvalue weighted by molar-refractivity contribution is -0.301. The monoisotopic (exact) mass is 387 g/mol. The smallest absolute Gasteiger partial charge is 0.267 e. The molecule has 0 aliphatic heterocycles. The number of rotatable bonds is 5. The molecule has 0 fully saturated rings. The molecule has 3 aromatic rings. The zero-order chi connectivity index (χ0) is 18.3. The van der Waals surface area contributed by atoms with Gasteiger partial charge < -0.3 is 14.6 Å². The molecule has 26 heavy (non-hydrogen) atoms. The average Bonchev–Trinajstić information content (AvgIpc) is 3.20. The number of nitrogens with zero attached hydrogens (tertiary/aromatic N) is 2. The highest BCUT2D eigenvalue weighted by Gasteiger charge is 2.24. The molecular formula is C18H15N2O4S2-. The van der Waals surface area contributed by atoms with Crippen molar-refractivity contribution in [3.63, 3.8) is 0 Å². The summed E-state index contributed by atoms with van der Waals surface area (Å²) in [4.78, 5) is 30.8. The molecule has 1 aliphatic carbocycles. The maximum absolute atomic E-state index is 13.4. The van der Waals surface area contributed by atoms with Gasteiger partial charge in [0.15, 0.2) is 5.16 Å². The maximum Gasteiger partial charge on any atom is 0.267 e. The normalized spacial score (nSPS) is 13.1. The van der Waals surface area contributed by atoms with Crippen LogP contribution in [0, 0.1) is 0 Å². The minimum atomic E-state index is -1.20. The number of thiophene rings is 1. The van der Waals surface area contributed by atoms with E-state index in [0.29, 0.717) is 26.8 Å². The van der Waals surface area contributed by atoms with Gasteiger partial charge in [0.2, 0.25) is 0 Å². The molecule has 0 amide bonds. The number of fused-ring (bicyclic) bond motifs is 3. The zero-order valence-electron chi connectivity index (χ0n) is 14.0. The number of carboxylic acids is 1. The second-order valence-electron chi connectivity index (χ2n) is 5.90. The quantitative estimate of drug-likeness (QED) is 0.490. The Labute approximate surface area is 157 Å². The Morgan fingerprint density at radius 3 is 2.96 bits per heavy atom. The zero-order valence-corrected chi connectivity index (χ0v) is 15.6. The fraction of sp³-hybridized carbons (Fsp3) is 0.278. The predicted molar refractivity (Wildman–Crippen MR) is 99.5 cm³/mol. The number of aryl methyl sites for hydroxylation is 2. The average molecular weight is 387 g/mol. The fourth-order valence-corrected chi connectivity index (χ4v) is 5.29. The second-order valence-corrected chi connectivity index (χ2v) is 7.93. The first-order chi connectivity index (χ1) is 12.6. The van der Waals surface area contributed by atoms with Gasteiger partial charge in [-0.1, -0.05) is 23.9 Å². The number of thioether (sulfide) groups is 1. The van der Waals surface area contributed by atoms with Crippen molar-refractivity contribution in [2.45, 2.75) is 24.4 Å². The van der Waals surface area contributed by atoms with Crippen molar-refractivity contribution in [2.24, 2.45) is 0 Å². The van der Waals surface area contributed by atoms with Crippen LogP contribution in [0.4, 0.5) is 0 Å². The van der Waals surface area contributed by atoms with E-state index in [1.807, 2.05) is 6.07 Å². The van der Waals surface area contributed by atoms with Crippen LogP contribution in [0.2, 0.25) is 0 Å². The summed E-state index contributed by atoms with van der Waals surface area (Å²) in [6, 6.07) is 7.15. The minimum Gasteiger partial charge on any atom is -0.549 e. The molecule has 6 nitrogen and oxygen atoms in total. The fourth-order valence-electron chi connectivity index (χ4n) is 3.27. The van der Waals surface area contributed by atoms with Crippen molar-refractivity contribution >= 4 is 39.3 Å². The first-order valence-corrected chi connectivity index (χ1v) is 9.93. The molecule has 0 radical (unpaired) electrons. The van der Waals surface area contributed by atoms with Crippen LogP contribution in [-0.2, 0) is 17.6 Å². The van der Waals surface area contributed by atoms with Crippen LogP contribution >= 0.6 is 23.1 Å². The molecule has 0 saturated heterocycles. The van der Waals surface area contributed by atoms with Crippen LogP contribution in [0.1, 0.15) is 16.9 Å². The van der Waals surface area contributed by atoms with Gasteiger partial charge in [0, 0.05) is 10.6 Å². The van der Waals surface area contributed by atoms with Crippen LogP contribution in [0.15, 0.2) is 34.2 Å². The van der Waals surface area contributed by atoms with E-state index in [0.717, 1.165) is 36.6 Å². The summed E-state index contributed by atoms with van der Waals surface area (Å²) in [6.07, 6.45) is 2.89. The van der Waals surface area contributed by atoms with Gasteiger partial charge in [-0.25, -0.2) is 4.98 Å². The number of carboxylic acid groups (broad SMARTS) is 1. The molecule has 134 valence electrons. The third kappa shape index (κ3) is 2.79. The first-order valence-electron chi connectivity index (χ1n) is 8.13. The Bertz CT molecular complexity index is 1070. The molecule has 2 aromatic heterocycles. The molecule has 0 bridgehead atoms. The number of benzene rings is 1. The summed E-state index contributed by atoms with van der Waals surface area (Å²) in [7, 11) is 1.53. The van der Waals surface area contributed by atoms with Gasteiger partial charge >= 0.3 is 0 Å². The summed E-state index contributed by atoms with van der Waals surface area (Å²) in [5.74, 6) is -0.958. The molecule has 4 rings (SSSR count). The lowest BCUT2D eigenvalue weighted by atomic mass is 10.2. The van der Waals surface area contributed by atoms with Crippen molar-refractivity contribution in [3.8, 4) is 11.4 Å². The second kappa shape index (κ2) is 6.77. The van der Waals surface area contributed by atoms with Crippen molar-refractivity contribution in [1.29, 1.82) is 0 Å². The van der Waals surface area contributed by atoms with Crippen molar-refractivity contribution in [2.75, 3.05) is 12.9 Å². The molecule has 1 aromatic carbocycles. The van der Waals surface area contributed by atoms with Gasteiger partial charge in [0.05, 0.1) is 24.2 Å². The van der Waals surface area contributed by atoms with E-state index in [9.17, 15) is 14.7 Å². The summed E-state index contributed by atoms with van der Waals surface area (Å²) >= 11 is 2.51. The lowest BCUT2D eigenvalue weighted by Gasteiger charge is -2.15. The number of carbonyl (C=O) groups excluding carboxylic acids is 1. The predicted octanol–water partition coefficient (Wildman–Crippen LogP) is 1.79. The Hall–Kier alpha value is -2.32. The third-order valence-corrected chi connectivity index (χ3v) is 6.45. The van der Waals surface area contributed by atoms with E-state index in [-0.39, 0.29) is 11.3 Å². The number of para-hydroxylation sites is 2. The van der Waals surface area contributed by atoms with Gasteiger partial charge in [0.25, 0.3) is 5.56 Å². The molecule has 0 saturated carbocycles. The minimum absolute atomic E-state index is 0.181. The summed E-state index contributed by atoms with van der Waals surface area (Å²) < 4.78 is 6.86. The molecule has 2 heterocycles. The highest BCUT2D eigenvalue weighted by atomic mass is 32.2. The molecule has 0 N–H and O–H groups in total. The van der Waals surface area contributed by atoms with E-state index in [1.54, 1.807) is 18.2 Å². The lowest BCUT2D eigenvalue weighted by Crippen LogP contribution is -2.26. The largest absolute Gasteiger partial charge is 0.549 e. The van der Waals surface area contributed by atoms with Crippen LogP contribution in [0.3, 0.4) is 0 Å². The van der Waals surface area contributed by atoms with E-state index < -0.39 is 5.97 Å². The maximum atomic E-state index is 13.4. The molecule has 0 spiro atoms. The number of methoxy groups -OCH3 is 1. The summed E-state index contributed by atoms with van der Waals surface area (Å²) in [5.41, 5.74) is 1.45. The Kier molecular flexibility index (Phi) is 4.46. The number of hydrogen-bond donors (Lipinski definition) is 0. The van der Waals surface area contributed by atoms with Crippen molar-refractivity contribution < 1.29 is 14.6 Å². The number of aliphatic carboxylic acids is 1. The highest BCUT2D eigenvalue weighted by molar-refractivity contribution is 7.99. The topological polar surface area (TPSA) is 84.2 Å². The van der Waals surface area contributed by atoms with Gasteiger partial charge in [-0.2, -0.15) is 0 Å².